The Kier molecular flexibility index (Phi) is 8.20. The first kappa shape index (κ1) is 26.9. The van der Waals surface area contributed by atoms with Gasteiger partial charge < -0.3 is 14.2 Å². The number of aryl methyl sites for hydroxylation is 1. The van der Waals surface area contributed by atoms with Crippen LogP contribution >= 0.6 is 0 Å². The molecule has 0 bridgehead atoms. The van der Waals surface area contributed by atoms with Gasteiger partial charge in [-0.1, -0.05) is 18.2 Å². The quantitative estimate of drug-likeness (QED) is 0.133. The van der Waals surface area contributed by atoms with Crippen LogP contribution in [0.5, 0.6) is 17.2 Å². The average Bonchev–Trinajstić information content (AvgIpc) is 2.90. The number of nitro groups is 1. The fourth-order valence-electron chi connectivity index (χ4n) is 3.80. The van der Waals surface area contributed by atoms with E-state index in [-0.39, 0.29) is 24.5 Å². The number of rotatable bonds is 10. The van der Waals surface area contributed by atoms with Crippen LogP contribution in [0, 0.1) is 17.0 Å². The highest BCUT2D eigenvalue weighted by Crippen LogP contribution is 2.30. The highest BCUT2D eigenvalue weighted by molar-refractivity contribution is 6.39. The maximum Gasteiger partial charge on any atom is 0.335 e. The van der Waals surface area contributed by atoms with Crippen molar-refractivity contribution in [2.45, 2.75) is 13.8 Å². The molecule has 1 aliphatic rings. The van der Waals surface area contributed by atoms with E-state index < -0.39 is 22.8 Å². The summed E-state index contributed by atoms with van der Waals surface area (Å²) in [6.45, 7) is 4.30. The van der Waals surface area contributed by atoms with Crippen LogP contribution in [-0.2, 0) is 9.59 Å². The monoisotopic (exact) mass is 531 g/mol. The van der Waals surface area contributed by atoms with Gasteiger partial charge in [0.1, 0.15) is 24.5 Å². The van der Waals surface area contributed by atoms with Gasteiger partial charge in [0.2, 0.25) is 0 Å². The Morgan fingerprint density at radius 3 is 2.36 bits per heavy atom. The molecule has 0 saturated carbocycles. The second-order valence-electron chi connectivity index (χ2n) is 8.38. The number of amides is 4. The standard InChI is InChI=1S/C28H25N3O8/c1-3-37-25-17-19(7-12-24(25)39-14-13-38-22-10-8-20(9-11-22)31(35)36)16-23-26(32)29-28(34)30(27(23)33)21-6-4-5-18(2)15-21/h4-12,15-17H,3,13-14H2,1-2H3,(H,29,32,34)/b23-16-. The Labute approximate surface area is 223 Å². The maximum absolute atomic E-state index is 13.2. The van der Waals surface area contributed by atoms with Crippen LogP contribution in [0.4, 0.5) is 16.2 Å². The maximum atomic E-state index is 13.2. The summed E-state index contributed by atoms with van der Waals surface area (Å²) in [5.41, 5.74) is 1.46. The number of non-ortho nitro benzene ring substituents is 1. The summed E-state index contributed by atoms with van der Waals surface area (Å²) in [7, 11) is 0. The minimum atomic E-state index is -0.817. The number of carbonyl (C=O) groups excluding carboxylic acids is 3. The molecule has 1 aliphatic heterocycles. The molecule has 4 amide bonds. The third-order valence-corrected chi connectivity index (χ3v) is 5.60. The van der Waals surface area contributed by atoms with Crippen LogP contribution in [0.3, 0.4) is 0 Å². The summed E-state index contributed by atoms with van der Waals surface area (Å²) in [6, 6.07) is 16.6. The third kappa shape index (κ3) is 6.39. The highest BCUT2D eigenvalue weighted by atomic mass is 16.6. The molecule has 0 aliphatic carbocycles. The predicted molar refractivity (Wildman–Crippen MR) is 142 cm³/mol. The Bertz CT molecular complexity index is 1450. The number of carbonyl (C=O) groups is 3. The molecule has 0 spiro atoms. The van der Waals surface area contributed by atoms with Crippen LogP contribution in [0.1, 0.15) is 18.1 Å². The molecule has 1 saturated heterocycles. The van der Waals surface area contributed by atoms with Crippen molar-refractivity contribution in [1.29, 1.82) is 0 Å². The van der Waals surface area contributed by atoms with Gasteiger partial charge in [0.05, 0.1) is 17.2 Å². The summed E-state index contributed by atoms with van der Waals surface area (Å²) in [4.78, 5) is 49.3. The lowest BCUT2D eigenvalue weighted by Crippen LogP contribution is -2.54. The number of nitro benzene ring substituents is 1. The van der Waals surface area contributed by atoms with E-state index in [1.54, 1.807) is 43.3 Å². The smallest absolute Gasteiger partial charge is 0.335 e. The summed E-state index contributed by atoms with van der Waals surface area (Å²) >= 11 is 0. The lowest BCUT2D eigenvalue weighted by Gasteiger charge is -2.26. The number of anilines is 1. The number of hydrogen-bond acceptors (Lipinski definition) is 8. The van der Waals surface area contributed by atoms with E-state index in [1.165, 1.54) is 30.3 Å². The van der Waals surface area contributed by atoms with Gasteiger partial charge >= 0.3 is 6.03 Å². The molecule has 0 unspecified atom stereocenters. The predicted octanol–water partition coefficient (Wildman–Crippen LogP) is 4.43. The Balaban J connectivity index is 1.47. The third-order valence-electron chi connectivity index (χ3n) is 5.60. The molecule has 1 fully saturated rings. The molecule has 11 heteroatoms. The van der Waals surface area contributed by atoms with Crippen molar-refractivity contribution in [3.05, 3.63) is 93.5 Å². The summed E-state index contributed by atoms with van der Waals surface area (Å²) in [6.07, 6.45) is 1.39. The van der Waals surface area contributed by atoms with E-state index in [4.69, 9.17) is 14.2 Å². The van der Waals surface area contributed by atoms with Crippen LogP contribution < -0.4 is 24.4 Å². The number of nitrogens with zero attached hydrogens (tertiary/aromatic N) is 2. The summed E-state index contributed by atoms with van der Waals surface area (Å²) in [5, 5.41) is 13.0. The molecule has 4 rings (SSSR count). The van der Waals surface area contributed by atoms with Gasteiger partial charge in [-0.25, -0.2) is 9.69 Å². The normalized spacial score (nSPS) is 14.3. The zero-order valence-electron chi connectivity index (χ0n) is 21.2. The zero-order chi connectivity index (χ0) is 27.9. The largest absolute Gasteiger partial charge is 0.490 e. The van der Waals surface area contributed by atoms with Crippen molar-refractivity contribution >= 4 is 35.3 Å². The molecule has 1 heterocycles. The fourth-order valence-corrected chi connectivity index (χ4v) is 3.80. The highest BCUT2D eigenvalue weighted by Gasteiger charge is 2.36. The van der Waals surface area contributed by atoms with E-state index in [0.717, 1.165) is 10.5 Å². The second kappa shape index (κ2) is 11.9. The number of urea groups is 1. The van der Waals surface area contributed by atoms with Gasteiger partial charge in [-0.3, -0.25) is 25.0 Å². The number of hydrogen-bond donors (Lipinski definition) is 1. The fraction of sp³-hybridized carbons (Fsp3) is 0.179. The summed E-state index contributed by atoms with van der Waals surface area (Å²) in [5.74, 6) is -0.267. The van der Waals surface area contributed by atoms with Gasteiger partial charge in [0.25, 0.3) is 17.5 Å². The van der Waals surface area contributed by atoms with E-state index in [9.17, 15) is 24.5 Å². The van der Waals surface area contributed by atoms with Gasteiger partial charge in [0.15, 0.2) is 11.5 Å². The van der Waals surface area contributed by atoms with Crippen molar-refractivity contribution in [1.82, 2.24) is 5.32 Å². The molecule has 0 atom stereocenters. The first-order valence-corrected chi connectivity index (χ1v) is 12.0. The summed E-state index contributed by atoms with van der Waals surface area (Å²) < 4.78 is 17.0. The minimum absolute atomic E-state index is 0.0307. The van der Waals surface area contributed by atoms with Gasteiger partial charge in [-0.15, -0.1) is 0 Å². The number of benzene rings is 3. The molecule has 1 N–H and O–H groups in total. The van der Waals surface area contributed by atoms with Crippen LogP contribution in [0.2, 0.25) is 0 Å². The van der Waals surface area contributed by atoms with Crippen LogP contribution in [0.25, 0.3) is 6.08 Å². The molecule has 11 nitrogen and oxygen atoms in total. The van der Waals surface area contributed by atoms with Gasteiger partial charge in [0, 0.05) is 12.1 Å². The SMILES string of the molecule is CCOc1cc(/C=C2/C(=O)NC(=O)N(c3cccc(C)c3)C2=O)ccc1OCCOc1ccc([N+](=O)[O-])cc1. The lowest BCUT2D eigenvalue weighted by atomic mass is 10.1. The van der Waals surface area contributed by atoms with E-state index in [2.05, 4.69) is 5.32 Å². The van der Waals surface area contributed by atoms with E-state index in [1.807, 2.05) is 13.0 Å². The Morgan fingerprint density at radius 1 is 0.923 bits per heavy atom. The number of barbiturate groups is 1. The Morgan fingerprint density at radius 2 is 1.67 bits per heavy atom. The second-order valence-corrected chi connectivity index (χ2v) is 8.38. The van der Waals surface area contributed by atoms with Crippen molar-refractivity contribution in [2.75, 3.05) is 24.7 Å². The zero-order valence-corrected chi connectivity index (χ0v) is 21.2. The molecular formula is C28H25N3O8. The molecule has 0 aromatic heterocycles. The lowest BCUT2D eigenvalue weighted by molar-refractivity contribution is -0.384. The first-order chi connectivity index (χ1) is 18.8. The Hall–Kier alpha value is -5.19. The van der Waals surface area contributed by atoms with E-state index in [0.29, 0.717) is 35.1 Å². The van der Waals surface area contributed by atoms with Crippen molar-refractivity contribution in [3.63, 3.8) is 0 Å². The van der Waals surface area contributed by atoms with Crippen LogP contribution in [0.15, 0.2) is 72.3 Å². The van der Waals surface area contributed by atoms with Crippen molar-refractivity contribution in [3.8, 4) is 17.2 Å². The van der Waals surface area contributed by atoms with Crippen molar-refractivity contribution in [2.24, 2.45) is 0 Å². The molecule has 0 radical (unpaired) electrons. The van der Waals surface area contributed by atoms with Crippen LogP contribution in [-0.4, -0.2) is 42.6 Å². The van der Waals surface area contributed by atoms with Gasteiger partial charge in [-0.2, -0.15) is 0 Å². The molecule has 200 valence electrons. The molecule has 3 aromatic rings. The molecular weight excluding hydrogens is 506 g/mol. The first-order valence-electron chi connectivity index (χ1n) is 12.0. The number of nitrogens with one attached hydrogen (secondary N) is 1. The average molecular weight is 532 g/mol. The topological polar surface area (TPSA) is 137 Å². The number of imide groups is 2. The molecule has 3 aromatic carbocycles. The van der Waals surface area contributed by atoms with Crippen molar-refractivity contribution < 1.29 is 33.5 Å². The minimum Gasteiger partial charge on any atom is -0.490 e. The molecule has 39 heavy (non-hydrogen) atoms. The number of ether oxygens (including phenoxy) is 3. The van der Waals surface area contributed by atoms with Gasteiger partial charge in [-0.05, 0) is 67.4 Å². The van der Waals surface area contributed by atoms with E-state index >= 15 is 0 Å².